The molecule has 0 saturated carbocycles. The van der Waals surface area contributed by atoms with Crippen molar-refractivity contribution in [1.82, 2.24) is 20.2 Å². The summed E-state index contributed by atoms with van der Waals surface area (Å²) in [4.78, 5) is 9.04. The van der Waals surface area contributed by atoms with Crippen molar-refractivity contribution in [2.24, 2.45) is 12.0 Å². The van der Waals surface area contributed by atoms with Crippen LogP contribution in [0.25, 0.3) is 11.0 Å². The number of guanidine groups is 1. The zero-order valence-corrected chi connectivity index (χ0v) is 14.5. The molecule has 114 valence electrons. The summed E-state index contributed by atoms with van der Waals surface area (Å²) in [5.41, 5.74) is 2.04. The molecule has 21 heavy (non-hydrogen) atoms. The first-order valence-electron chi connectivity index (χ1n) is 6.79. The smallest absolute Gasteiger partial charge is 0.191 e. The maximum absolute atomic E-state index is 5.23. The first-order valence-corrected chi connectivity index (χ1v) is 6.79. The van der Waals surface area contributed by atoms with Crippen molar-refractivity contribution < 1.29 is 4.74 Å². The number of nitrogens with one attached hydrogen (secondary N) is 2. The van der Waals surface area contributed by atoms with Crippen molar-refractivity contribution >= 4 is 41.0 Å². The van der Waals surface area contributed by atoms with Crippen LogP contribution in [0.5, 0.6) is 5.75 Å². The molecule has 0 bridgehead atoms. The normalized spacial score (nSPS) is 14.1. The van der Waals surface area contributed by atoms with E-state index in [1.54, 1.807) is 7.11 Å². The standard InChI is InChI=1S/C14H19N5O.HI/c1-19-12-5-4-10(20-2)8-11(12)18-13(19)9-17-14-15-6-3-7-16-14;/h4-5,8H,3,6-7,9H2,1-2H3,(H2,15,16,17);1H. The first kappa shape index (κ1) is 15.9. The van der Waals surface area contributed by atoms with Crippen LogP contribution in [0.15, 0.2) is 23.2 Å². The van der Waals surface area contributed by atoms with E-state index in [1.807, 2.05) is 25.2 Å². The summed E-state index contributed by atoms with van der Waals surface area (Å²) in [6.45, 7) is 2.51. The minimum absolute atomic E-state index is 0. The predicted molar refractivity (Wildman–Crippen MR) is 94.4 cm³/mol. The van der Waals surface area contributed by atoms with Gasteiger partial charge in [0.2, 0.25) is 0 Å². The highest BCUT2D eigenvalue weighted by Gasteiger charge is 2.10. The molecule has 0 fully saturated rings. The third-order valence-corrected chi connectivity index (χ3v) is 3.49. The Hall–Kier alpha value is -1.51. The number of aryl methyl sites for hydroxylation is 1. The molecule has 0 spiro atoms. The lowest BCUT2D eigenvalue weighted by molar-refractivity contribution is 0.415. The summed E-state index contributed by atoms with van der Waals surface area (Å²) < 4.78 is 7.32. The van der Waals surface area contributed by atoms with Crippen LogP contribution in [-0.2, 0) is 13.6 Å². The van der Waals surface area contributed by atoms with Crippen LogP contribution in [0.3, 0.4) is 0 Å². The van der Waals surface area contributed by atoms with Gasteiger partial charge in [-0.2, -0.15) is 0 Å². The number of methoxy groups -OCH3 is 1. The predicted octanol–water partition coefficient (Wildman–Crippen LogP) is 1.64. The minimum Gasteiger partial charge on any atom is -0.497 e. The molecule has 3 rings (SSSR count). The van der Waals surface area contributed by atoms with E-state index in [2.05, 4.69) is 25.2 Å². The van der Waals surface area contributed by atoms with E-state index < -0.39 is 0 Å². The van der Waals surface area contributed by atoms with Crippen LogP contribution in [-0.4, -0.2) is 35.7 Å². The lowest BCUT2D eigenvalue weighted by Gasteiger charge is -2.15. The van der Waals surface area contributed by atoms with E-state index >= 15 is 0 Å². The van der Waals surface area contributed by atoms with Crippen LogP contribution >= 0.6 is 24.0 Å². The van der Waals surface area contributed by atoms with E-state index in [0.29, 0.717) is 6.54 Å². The zero-order valence-electron chi connectivity index (χ0n) is 12.2. The molecule has 2 heterocycles. The van der Waals surface area contributed by atoms with Crippen molar-refractivity contribution in [3.8, 4) is 5.75 Å². The van der Waals surface area contributed by atoms with Crippen molar-refractivity contribution in [2.45, 2.75) is 13.0 Å². The molecule has 1 aliphatic rings. The fourth-order valence-corrected chi connectivity index (χ4v) is 2.33. The van der Waals surface area contributed by atoms with E-state index in [9.17, 15) is 0 Å². The fourth-order valence-electron chi connectivity index (χ4n) is 2.33. The Balaban J connectivity index is 0.00000161. The second-order valence-corrected chi connectivity index (χ2v) is 4.81. The highest BCUT2D eigenvalue weighted by atomic mass is 127. The van der Waals surface area contributed by atoms with Crippen LogP contribution in [0.1, 0.15) is 12.2 Å². The molecule has 0 radical (unpaired) electrons. The average Bonchev–Trinajstić information content (AvgIpc) is 2.82. The Labute approximate surface area is 141 Å². The summed E-state index contributed by atoms with van der Waals surface area (Å²) in [5.74, 6) is 2.66. The average molecular weight is 401 g/mol. The van der Waals surface area contributed by atoms with Gasteiger partial charge in [0.15, 0.2) is 5.96 Å². The summed E-state index contributed by atoms with van der Waals surface area (Å²) in [6.07, 6.45) is 1.09. The Kier molecular flexibility index (Phi) is 5.27. The molecular weight excluding hydrogens is 381 g/mol. The van der Waals surface area contributed by atoms with E-state index in [0.717, 1.165) is 48.1 Å². The maximum atomic E-state index is 5.23. The Morgan fingerprint density at radius 3 is 3.00 bits per heavy atom. The van der Waals surface area contributed by atoms with E-state index in [1.165, 1.54) is 0 Å². The topological polar surface area (TPSA) is 63.5 Å². The van der Waals surface area contributed by atoms with Gasteiger partial charge in [-0.25, -0.2) is 4.98 Å². The number of aliphatic imine (C=N–C) groups is 1. The van der Waals surface area contributed by atoms with Crippen LogP contribution in [0, 0.1) is 0 Å². The minimum atomic E-state index is 0. The van der Waals surface area contributed by atoms with Gasteiger partial charge >= 0.3 is 0 Å². The maximum Gasteiger partial charge on any atom is 0.191 e. The Morgan fingerprint density at radius 1 is 1.43 bits per heavy atom. The van der Waals surface area contributed by atoms with Crippen LogP contribution < -0.4 is 15.4 Å². The van der Waals surface area contributed by atoms with Gasteiger partial charge in [0.25, 0.3) is 0 Å². The van der Waals surface area contributed by atoms with Gasteiger partial charge in [0.1, 0.15) is 11.6 Å². The Bertz CT molecular complexity index is 652. The summed E-state index contributed by atoms with van der Waals surface area (Å²) >= 11 is 0. The second kappa shape index (κ2) is 6.97. The molecule has 1 aromatic carbocycles. The molecule has 0 atom stereocenters. The van der Waals surface area contributed by atoms with Crippen molar-refractivity contribution in [2.75, 3.05) is 20.2 Å². The van der Waals surface area contributed by atoms with E-state index in [-0.39, 0.29) is 24.0 Å². The third-order valence-electron chi connectivity index (χ3n) is 3.49. The number of nitrogens with zero attached hydrogens (tertiary/aromatic N) is 3. The molecule has 0 saturated heterocycles. The number of benzene rings is 1. The highest BCUT2D eigenvalue weighted by molar-refractivity contribution is 14.0. The molecule has 1 aliphatic heterocycles. The Morgan fingerprint density at radius 2 is 2.29 bits per heavy atom. The lowest BCUT2D eigenvalue weighted by Crippen LogP contribution is -2.40. The largest absolute Gasteiger partial charge is 0.497 e. The molecule has 7 heteroatoms. The third kappa shape index (κ3) is 3.39. The number of halogens is 1. The molecule has 2 aromatic rings. The molecular formula is C14H20IN5O. The van der Waals surface area contributed by atoms with Gasteiger partial charge in [-0.05, 0) is 18.6 Å². The quantitative estimate of drug-likeness (QED) is 0.768. The number of ether oxygens (including phenoxy) is 1. The molecule has 2 N–H and O–H groups in total. The van der Waals surface area contributed by atoms with Crippen molar-refractivity contribution in [1.29, 1.82) is 0 Å². The number of hydrogen-bond acceptors (Lipinski definition) is 5. The van der Waals surface area contributed by atoms with Gasteiger partial charge < -0.3 is 19.9 Å². The van der Waals surface area contributed by atoms with E-state index in [4.69, 9.17) is 4.74 Å². The number of aromatic nitrogens is 2. The van der Waals surface area contributed by atoms with Gasteiger partial charge in [0, 0.05) is 26.2 Å². The monoisotopic (exact) mass is 401 g/mol. The van der Waals surface area contributed by atoms with Gasteiger partial charge in [-0.1, -0.05) is 0 Å². The van der Waals surface area contributed by atoms with Gasteiger partial charge in [0.05, 0.1) is 24.7 Å². The van der Waals surface area contributed by atoms with Crippen molar-refractivity contribution in [3.63, 3.8) is 0 Å². The van der Waals surface area contributed by atoms with Crippen LogP contribution in [0.4, 0.5) is 0 Å². The fraction of sp³-hybridized carbons (Fsp3) is 0.429. The van der Waals surface area contributed by atoms with Gasteiger partial charge in [-0.3, -0.25) is 4.99 Å². The summed E-state index contributed by atoms with van der Waals surface area (Å²) in [7, 11) is 3.69. The first-order chi connectivity index (χ1) is 9.78. The molecule has 0 amide bonds. The van der Waals surface area contributed by atoms with Crippen LogP contribution in [0.2, 0.25) is 0 Å². The molecule has 0 aliphatic carbocycles. The number of fused-ring (bicyclic) bond motifs is 1. The summed E-state index contributed by atoms with van der Waals surface area (Å²) in [6, 6.07) is 5.93. The SMILES string of the molecule is COc1ccc2c(c1)nc(CNC1=NCCCN1)n2C.I. The highest BCUT2D eigenvalue weighted by Crippen LogP contribution is 2.20. The second-order valence-electron chi connectivity index (χ2n) is 4.81. The zero-order chi connectivity index (χ0) is 13.9. The van der Waals surface area contributed by atoms with Crippen molar-refractivity contribution in [3.05, 3.63) is 24.0 Å². The summed E-state index contributed by atoms with van der Waals surface area (Å²) in [5, 5.41) is 6.54. The number of imidazole rings is 1. The molecule has 6 nitrogen and oxygen atoms in total. The molecule has 1 aromatic heterocycles. The van der Waals surface area contributed by atoms with Gasteiger partial charge in [-0.15, -0.1) is 24.0 Å². The molecule has 0 unspecified atom stereocenters. The lowest BCUT2D eigenvalue weighted by atomic mass is 10.3. The number of rotatable bonds is 3. The number of hydrogen-bond donors (Lipinski definition) is 2.